The SMILES string of the molecule is O=C(CCCCNC(=O)OCC1c2ccccc2-c2ccccc21)NC1(C(=O)O)CCCCCC1. The highest BCUT2D eigenvalue weighted by Crippen LogP contribution is 2.44. The Hall–Kier alpha value is -3.35. The van der Waals surface area contributed by atoms with Crippen LogP contribution in [-0.2, 0) is 14.3 Å². The Morgan fingerprint density at radius 3 is 2.09 bits per heavy atom. The van der Waals surface area contributed by atoms with Crippen molar-refractivity contribution in [3.8, 4) is 11.1 Å². The summed E-state index contributed by atoms with van der Waals surface area (Å²) < 4.78 is 5.52. The van der Waals surface area contributed by atoms with E-state index in [9.17, 15) is 19.5 Å². The molecule has 1 saturated carbocycles. The number of carbonyl (C=O) groups is 3. The zero-order chi connectivity index (χ0) is 24.7. The Morgan fingerprint density at radius 1 is 0.886 bits per heavy atom. The zero-order valence-corrected chi connectivity index (χ0v) is 20.1. The Kier molecular flexibility index (Phi) is 8.06. The van der Waals surface area contributed by atoms with Gasteiger partial charge < -0.3 is 20.5 Å². The zero-order valence-electron chi connectivity index (χ0n) is 20.1. The summed E-state index contributed by atoms with van der Waals surface area (Å²) in [6.45, 7) is 0.660. The van der Waals surface area contributed by atoms with E-state index in [1.165, 1.54) is 22.3 Å². The highest BCUT2D eigenvalue weighted by Gasteiger charge is 2.39. The summed E-state index contributed by atoms with van der Waals surface area (Å²) in [6, 6.07) is 16.4. The van der Waals surface area contributed by atoms with Crippen molar-refractivity contribution >= 4 is 18.0 Å². The summed E-state index contributed by atoms with van der Waals surface area (Å²) >= 11 is 0. The van der Waals surface area contributed by atoms with Gasteiger partial charge in [-0.25, -0.2) is 9.59 Å². The van der Waals surface area contributed by atoms with Gasteiger partial charge in [-0.2, -0.15) is 0 Å². The maximum absolute atomic E-state index is 12.4. The summed E-state index contributed by atoms with van der Waals surface area (Å²) in [4.78, 5) is 36.5. The van der Waals surface area contributed by atoms with Crippen LogP contribution in [0.1, 0.15) is 74.8 Å². The number of ether oxygens (including phenoxy) is 1. The number of aliphatic carboxylic acids is 1. The lowest BCUT2D eigenvalue weighted by molar-refractivity contribution is -0.148. The number of nitrogens with one attached hydrogen (secondary N) is 2. The molecule has 0 bridgehead atoms. The smallest absolute Gasteiger partial charge is 0.407 e. The predicted molar refractivity (Wildman–Crippen MR) is 133 cm³/mol. The van der Waals surface area contributed by atoms with Crippen LogP contribution >= 0.6 is 0 Å². The van der Waals surface area contributed by atoms with Crippen LogP contribution in [0, 0.1) is 0 Å². The monoisotopic (exact) mass is 478 g/mol. The fourth-order valence-corrected chi connectivity index (χ4v) is 5.30. The van der Waals surface area contributed by atoms with Gasteiger partial charge in [0.2, 0.25) is 5.91 Å². The summed E-state index contributed by atoms with van der Waals surface area (Å²) in [5, 5.41) is 15.2. The number of amides is 2. The molecule has 2 aliphatic carbocycles. The fourth-order valence-electron chi connectivity index (χ4n) is 5.30. The number of carbonyl (C=O) groups excluding carboxylic acids is 2. The van der Waals surface area contributed by atoms with Crippen LogP contribution in [0.3, 0.4) is 0 Å². The standard InChI is InChI=1S/C28H34N2O5/c31-25(30-28(26(32)33)16-8-1-2-9-17-28)15-7-10-18-29-27(34)35-19-24-22-13-5-3-11-20(22)21-12-4-6-14-23(21)24/h3-6,11-14,24H,1-2,7-10,15-19H2,(H,29,34)(H,30,31)(H,32,33). The van der Waals surface area contributed by atoms with Crippen molar-refractivity contribution in [2.24, 2.45) is 0 Å². The van der Waals surface area contributed by atoms with E-state index in [0.717, 1.165) is 25.7 Å². The number of hydrogen-bond acceptors (Lipinski definition) is 4. The second-order valence-electron chi connectivity index (χ2n) is 9.56. The average molecular weight is 479 g/mol. The minimum absolute atomic E-state index is 0.0161. The second-order valence-corrected chi connectivity index (χ2v) is 9.56. The van der Waals surface area contributed by atoms with Gasteiger partial charge in [0, 0.05) is 18.9 Å². The van der Waals surface area contributed by atoms with Crippen molar-refractivity contribution < 1.29 is 24.2 Å². The number of rotatable bonds is 9. The molecule has 3 N–H and O–H groups in total. The van der Waals surface area contributed by atoms with Crippen LogP contribution in [-0.4, -0.2) is 41.8 Å². The van der Waals surface area contributed by atoms with Gasteiger partial charge in [0.15, 0.2) is 0 Å². The van der Waals surface area contributed by atoms with Crippen molar-refractivity contribution in [3.05, 3.63) is 59.7 Å². The molecular formula is C28H34N2O5. The molecule has 1 fully saturated rings. The van der Waals surface area contributed by atoms with Gasteiger partial charge in [0.25, 0.3) is 0 Å². The van der Waals surface area contributed by atoms with E-state index >= 15 is 0 Å². The first kappa shape index (κ1) is 24.8. The summed E-state index contributed by atoms with van der Waals surface area (Å²) in [5.74, 6) is -1.16. The number of carboxylic acids is 1. The molecule has 4 rings (SSSR count). The van der Waals surface area contributed by atoms with Crippen LogP contribution in [0.2, 0.25) is 0 Å². The Balaban J connectivity index is 1.17. The van der Waals surface area contributed by atoms with E-state index in [0.29, 0.717) is 32.2 Å². The molecule has 2 amide bonds. The maximum Gasteiger partial charge on any atom is 0.407 e. The third kappa shape index (κ3) is 5.84. The molecule has 35 heavy (non-hydrogen) atoms. The number of alkyl carbamates (subject to hydrolysis) is 1. The number of benzene rings is 2. The Morgan fingerprint density at radius 2 is 1.49 bits per heavy atom. The number of hydrogen-bond donors (Lipinski definition) is 3. The maximum atomic E-state index is 12.4. The number of fused-ring (bicyclic) bond motifs is 3. The first-order valence-electron chi connectivity index (χ1n) is 12.6. The van der Waals surface area contributed by atoms with Crippen LogP contribution in [0.25, 0.3) is 11.1 Å². The molecule has 0 spiro atoms. The summed E-state index contributed by atoms with van der Waals surface area (Å²) in [5.41, 5.74) is 3.57. The second kappa shape index (κ2) is 11.4. The molecule has 186 valence electrons. The van der Waals surface area contributed by atoms with Crippen molar-refractivity contribution in [2.75, 3.05) is 13.2 Å². The molecule has 2 aromatic carbocycles. The molecule has 7 heteroatoms. The molecule has 2 aliphatic rings. The first-order chi connectivity index (χ1) is 17.0. The lowest BCUT2D eigenvalue weighted by Gasteiger charge is -2.29. The molecule has 7 nitrogen and oxygen atoms in total. The molecule has 0 aliphatic heterocycles. The Bertz CT molecular complexity index is 1010. The largest absolute Gasteiger partial charge is 0.480 e. The van der Waals surface area contributed by atoms with Crippen molar-refractivity contribution in [2.45, 2.75) is 69.2 Å². The molecule has 2 aromatic rings. The first-order valence-corrected chi connectivity index (χ1v) is 12.6. The van der Waals surface area contributed by atoms with E-state index in [-0.39, 0.29) is 24.9 Å². The summed E-state index contributed by atoms with van der Waals surface area (Å²) in [6.07, 6.45) is 5.55. The van der Waals surface area contributed by atoms with Gasteiger partial charge in [-0.15, -0.1) is 0 Å². The molecule has 0 radical (unpaired) electrons. The average Bonchev–Trinajstić information content (AvgIpc) is 2.98. The van der Waals surface area contributed by atoms with Gasteiger partial charge in [0.05, 0.1) is 0 Å². The van der Waals surface area contributed by atoms with E-state index in [1.54, 1.807) is 0 Å². The third-order valence-corrected chi connectivity index (χ3v) is 7.19. The molecule has 0 aromatic heterocycles. The van der Waals surface area contributed by atoms with Crippen molar-refractivity contribution in [1.82, 2.24) is 10.6 Å². The van der Waals surface area contributed by atoms with Gasteiger partial charge in [-0.3, -0.25) is 4.79 Å². The minimum Gasteiger partial charge on any atom is -0.480 e. The van der Waals surface area contributed by atoms with E-state index in [4.69, 9.17) is 4.74 Å². The van der Waals surface area contributed by atoms with Gasteiger partial charge in [-0.1, -0.05) is 74.2 Å². The van der Waals surface area contributed by atoms with Crippen LogP contribution < -0.4 is 10.6 Å². The molecule has 0 atom stereocenters. The number of carboxylic acid groups (broad SMARTS) is 1. The van der Waals surface area contributed by atoms with Crippen LogP contribution in [0.5, 0.6) is 0 Å². The minimum atomic E-state index is -1.13. The van der Waals surface area contributed by atoms with Gasteiger partial charge in [-0.05, 0) is 47.9 Å². The topological polar surface area (TPSA) is 105 Å². The highest BCUT2D eigenvalue weighted by atomic mass is 16.5. The van der Waals surface area contributed by atoms with E-state index < -0.39 is 17.6 Å². The van der Waals surface area contributed by atoms with Crippen molar-refractivity contribution in [3.63, 3.8) is 0 Å². The van der Waals surface area contributed by atoms with E-state index in [1.807, 2.05) is 24.3 Å². The number of unbranched alkanes of at least 4 members (excludes halogenated alkanes) is 1. The lowest BCUT2D eigenvalue weighted by Crippen LogP contribution is -2.54. The Labute approximate surface area is 206 Å². The van der Waals surface area contributed by atoms with Gasteiger partial charge >= 0.3 is 12.1 Å². The predicted octanol–water partition coefficient (Wildman–Crippen LogP) is 4.99. The fraction of sp³-hybridized carbons (Fsp3) is 0.464. The third-order valence-electron chi connectivity index (χ3n) is 7.19. The molecule has 0 heterocycles. The van der Waals surface area contributed by atoms with Crippen LogP contribution in [0.4, 0.5) is 4.79 Å². The lowest BCUT2D eigenvalue weighted by atomic mass is 9.90. The normalized spacial score (nSPS) is 16.5. The highest BCUT2D eigenvalue weighted by molar-refractivity contribution is 5.87. The molecular weight excluding hydrogens is 444 g/mol. The van der Waals surface area contributed by atoms with Crippen molar-refractivity contribution in [1.29, 1.82) is 0 Å². The quantitative estimate of drug-likeness (QED) is 0.348. The molecule has 0 saturated heterocycles. The van der Waals surface area contributed by atoms with Gasteiger partial charge in [0.1, 0.15) is 12.1 Å². The summed E-state index contributed by atoms with van der Waals surface area (Å²) in [7, 11) is 0. The van der Waals surface area contributed by atoms with E-state index in [2.05, 4.69) is 34.9 Å². The van der Waals surface area contributed by atoms with Crippen LogP contribution in [0.15, 0.2) is 48.5 Å². The molecule has 0 unspecified atom stereocenters.